The van der Waals surface area contributed by atoms with E-state index in [2.05, 4.69) is 10.3 Å². The van der Waals surface area contributed by atoms with E-state index in [0.717, 1.165) is 16.5 Å². The highest BCUT2D eigenvalue weighted by Crippen LogP contribution is 2.11. The zero-order valence-electron chi connectivity index (χ0n) is 11.7. The number of amides is 1. The van der Waals surface area contributed by atoms with Crippen molar-refractivity contribution in [3.8, 4) is 5.75 Å². The molecule has 0 radical (unpaired) electrons. The maximum Gasteiger partial charge on any atom is 0.226 e. The summed E-state index contributed by atoms with van der Waals surface area (Å²) in [6, 6.07) is 7.85. The molecule has 1 amide bonds. The highest BCUT2D eigenvalue weighted by atomic mass is 32.1. The predicted octanol–water partition coefficient (Wildman–Crippen LogP) is 2.50. The highest BCUT2D eigenvalue weighted by Gasteiger charge is 2.05. The summed E-state index contributed by atoms with van der Waals surface area (Å²) in [4.78, 5) is 15.9. The lowest BCUT2D eigenvalue weighted by atomic mass is 10.2. The van der Waals surface area contributed by atoms with Crippen LogP contribution in [0.3, 0.4) is 0 Å². The van der Waals surface area contributed by atoms with E-state index in [0.29, 0.717) is 19.6 Å². The van der Waals surface area contributed by atoms with E-state index in [9.17, 15) is 4.79 Å². The van der Waals surface area contributed by atoms with Gasteiger partial charge in [0.25, 0.3) is 0 Å². The first-order chi connectivity index (χ1) is 9.63. The third-order valence-electron chi connectivity index (χ3n) is 2.72. The number of nitrogens with one attached hydrogen (secondary N) is 1. The molecule has 0 aliphatic rings. The fraction of sp³-hybridized carbons (Fsp3) is 0.333. The summed E-state index contributed by atoms with van der Waals surface area (Å²) in [5.41, 5.74) is 2.02. The van der Waals surface area contributed by atoms with Crippen LogP contribution in [0.4, 0.5) is 0 Å². The molecule has 0 bridgehead atoms. The number of thiazole rings is 1. The molecule has 2 rings (SSSR count). The van der Waals surface area contributed by atoms with Gasteiger partial charge in [-0.2, -0.15) is 0 Å². The molecule has 1 aromatic carbocycles. The van der Waals surface area contributed by atoms with Crippen LogP contribution in [0.15, 0.2) is 29.6 Å². The van der Waals surface area contributed by atoms with Crippen LogP contribution in [0.2, 0.25) is 0 Å². The zero-order valence-corrected chi connectivity index (χ0v) is 12.5. The molecule has 4 nitrogen and oxygen atoms in total. The molecule has 0 fully saturated rings. The number of hydrogen-bond acceptors (Lipinski definition) is 4. The molecule has 0 spiro atoms. The lowest BCUT2D eigenvalue weighted by molar-refractivity contribution is -0.120. The fourth-order valence-corrected chi connectivity index (χ4v) is 2.32. The number of ether oxygens (including phenoxy) is 1. The molecule has 2 aromatic rings. The van der Waals surface area contributed by atoms with Gasteiger partial charge in [-0.05, 0) is 26.0 Å². The molecule has 5 heteroatoms. The number of rotatable bonds is 6. The molecule has 0 aliphatic carbocycles. The first kappa shape index (κ1) is 14.5. The van der Waals surface area contributed by atoms with E-state index in [1.165, 1.54) is 5.56 Å². The Hall–Kier alpha value is -1.88. The van der Waals surface area contributed by atoms with Crippen LogP contribution in [0, 0.1) is 13.8 Å². The third-order valence-corrected chi connectivity index (χ3v) is 3.54. The Labute approximate surface area is 122 Å². The summed E-state index contributed by atoms with van der Waals surface area (Å²) in [6.07, 6.45) is 0.328. The van der Waals surface area contributed by atoms with Crippen LogP contribution in [-0.4, -0.2) is 24.0 Å². The third kappa shape index (κ3) is 4.66. The monoisotopic (exact) mass is 290 g/mol. The molecule has 1 aromatic heterocycles. The van der Waals surface area contributed by atoms with Gasteiger partial charge in [-0.15, -0.1) is 11.3 Å². The van der Waals surface area contributed by atoms with Crippen LogP contribution in [0.25, 0.3) is 0 Å². The largest absolute Gasteiger partial charge is 0.492 e. The fourth-order valence-electron chi connectivity index (χ4n) is 1.71. The van der Waals surface area contributed by atoms with Gasteiger partial charge < -0.3 is 10.1 Å². The molecule has 0 aliphatic heterocycles. The second-order valence-corrected chi connectivity index (χ2v) is 5.61. The molecule has 0 unspecified atom stereocenters. The van der Waals surface area contributed by atoms with Crippen molar-refractivity contribution in [3.05, 3.63) is 45.9 Å². The minimum atomic E-state index is -0.0252. The zero-order chi connectivity index (χ0) is 14.4. The standard InChI is InChI=1S/C15H18N2O2S/c1-11-3-5-14(6-4-11)19-8-7-16-15(18)9-13-10-20-12(2)17-13/h3-6,10H,7-9H2,1-2H3,(H,16,18). The lowest BCUT2D eigenvalue weighted by Crippen LogP contribution is -2.29. The van der Waals surface area contributed by atoms with Gasteiger partial charge in [0.1, 0.15) is 12.4 Å². The molecular formula is C15H18N2O2S. The van der Waals surface area contributed by atoms with Crippen molar-refractivity contribution in [2.45, 2.75) is 20.3 Å². The Morgan fingerprint density at radius 3 is 2.70 bits per heavy atom. The van der Waals surface area contributed by atoms with Gasteiger partial charge in [0, 0.05) is 5.38 Å². The van der Waals surface area contributed by atoms with Crippen molar-refractivity contribution < 1.29 is 9.53 Å². The van der Waals surface area contributed by atoms with E-state index in [-0.39, 0.29) is 5.91 Å². The van der Waals surface area contributed by atoms with Crippen LogP contribution in [0.1, 0.15) is 16.3 Å². The summed E-state index contributed by atoms with van der Waals surface area (Å²) < 4.78 is 5.54. The topological polar surface area (TPSA) is 51.2 Å². The van der Waals surface area contributed by atoms with Gasteiger partial charge in [-0.1, -0.05) is 17.7 Å². The van der Waals surface area contributed by atoms with Crippen molar-refractivity contribution in [2.24, 2.45) is 0 Å². The summed E-state index contributed by atoms with van der Waals surface area (Å²) >= 11 is 1.56. The van der Waals surface area contributed by atoms with E-state index >= 15 is 0 Å². The van der Waals surface area contributed by atoms with Crippen LogP contribution in [0.5, 0.6) is 5.75 Å². The quantitative estimate of drug-likeness (QED) is 0.832. The molecule has 0 atom stereocenters. The summed E-state index contributed by atoms with van der Waals surface area (Å²) in [5, 5.41) is 5.72. The number of aromatic nitrogens is 1. The Balaban J connectivity index is 1.65. The molecule has 20 heavy (non-hydrogen) atoms. The minimum Gasteiger partial charge on any atom is -0.492 e. The smallest absolute Gasteiger partial charge is 0.226 e. The average Bonchev–Trinajstić information content (AvgIpc) is 2.82. The van der Waals surface area contributed by atoms with Crippen LogP contribution in [-0.2, 0) is 11.2 Å². The Bertz CT molecular complexity index is 564. The van der Waals surface area contributed by atoms with E-state index in [4.69, 9.17) is 4.74 Å². The van der Waals surface area contributed by atoms with Crippen molar-refractivity contribution in [1.29, 1.82) is 0 Å². The molecule has 106 valence electrons. The Morgan fingerprint density at radius 2 is 2.05 bits per heavy atom. The first-order valence-corrected chi connectivity index (χ1v) is 7.38. The maximum atomic E-state index is 11.7. The van der Waals surface area contributed by atoms with E-state index < -0.39 is 0 Å². The van der Waals surface area contributed by atoms with Crippen LogP contribution < -0.4 is 10.1 Å². The first-order valence-electron chi connectivity index (χ1n) is 6.50. The van der Waals surface area contributed by atoms with Crippen LogP contribution >= 0.6 is 11.3 Å². The number of carbonyl (C=O) groups excluding carboxylic acids is 1. The number of carbonyl (C=O) groups is 1. The van der Waals surface area contributed by atoms with Crippen molar-refractivity contribution >= 4 is 17.2 Å². The normalized spacial score (nSPS) is 10.3. The highest BCUT2D eigenvalue weighted by molar-refractivity contribution is 7.09. The molecular weight excluding hydrogens is 272 g/mol. The predicted molar refractivity (Wildman–Crippen MR) is 80.2 cm³/mol. The lowest BCUT2D eigenvalue weighted by Gasteiger charge is -2.07. The van der Waals surface area contributed by atoms with Crippen molar-refractivity contribution in [2.75, 3.05) is 13.2 Å². The maximum absolute atomic E-state index is 11.7. The minimum absolute atomic E-state index is 0.0252. The molecule has 1 heterocycles. The van der Waals surface area contributed by atoms with Crippen molar-refractivity contribution in [3.63, 3.8) is 0 Å². The van der Waals surface area contributed by atoms with Gasteiger partial charge in [0.15, 0.2) is 0 Å². The van der Waals surface area contributed by atoms with Gasteiger partial charge in [-0.3, -0.25) is 4.79 Å². The number of hydrogen-bond donors (Lipinski definition) is 1. The second kappa shape index (κ2) is 7.05. The van der Waals surface area contributed by atoms with Gasteiger partial charge in [0.05, 0.1) is 23.7 Å². The number of benzene rings is 1. The van der Waals surface area contributed by atoms with Gasteiger partial charge >= 0.3 is 0 Å². The molecule has 1 N–H and O–H groups in total. The summed E-state index contributed by atoms with van der Waals surface area (Å²) in [5.74, 6) is 0.794. The van der Waals surface area contributed by atoms with Gasteiger partial charge in [-0.25, -0.2) is 4.98 Å². The Morgan fingerprint density at radius 1 is 1.30 bits per heavy atom. The SMILES string of the molecule is Cc1ccc(OCCNC(=O)Cc2csc(C)n2)cc1. The van der Waals surface area contributed by atoms with E-state index in [1.54, 1.807) is 11.3 Å². The number of nitrogens with zero attached hydrogens (tertiary/aromatic N) is 1. The second-order valence-electron chi connectivity index (χ2n) is 4.55. The summed E-state index contributed by atoms with van der Waals surface area (Å²) in [6.45, 7) is 4.92. The van der Waals surface area contributed by atoms with Gasteiger partial charge in [0.2, 0.25) is 5.91 Å². The average molecular weight is 290 g/mol. The van der Waals surface area contributed by atoms with E-state index in [1.807, 2.05) is 43.5 Å². The Kier molecular flexibility index (Phi) is 5.12. The summed E-state index contributed by atoms with van der Waals surface area (Å²) in [7, 11) is 0. The molecule has 0 saturated carbocycles. The molecule has 0 saturated heterocycles. The van der Waals surface area contributed by atoms with Crippen molar-refractivity contribution in [1.82, 2.24) is 10.3 Å². The number of aryl methyl sites for hydroxylation is 2.